The summed E-state index contributed by atoms with van der Waals surface area (Å²) >= 11 is 0. The third-order valence-corrected chi connectivity index (χ3v) is 5.44. The number of aromatic nitrogens is 3. The fourth-order valence-corrected chi connectivity index (χ4v) is 3.79. The van der Waals surface area contributed by atoms with Crippen LogP contribution < -0.4 is 16.6 Å². The lowest BCUT2D eigenvalue weighted by Gasteiger charge is -2.19. The molecule has 168 valence electrons. The molecule has 7 heteroatoms. The van der Waals surface area contributed by atoms with Crippen LogP contribution in [-0.4, -0.2) is 27.1 Å². The predicted octanol–water partition coefficient (Wildman–Crippen LogP) is 4.11. The number of hydrogen-bond acceptors (Lipinski definition) is 5. The van der Waals surface area contributed by atoms with Crippen LogP contribution in [0.1, 0.15) is 12.5 Å². The Balaban J connectivity index is 1.73. The van der Waals surface area contributed by atoms with E-state index in [4.69, 9.17) is 10.7 Å². The molecule has 0 amide bonds. The molecular formula is C26H26FN5O. The van der Waals surface area contributed by atoms with Crippen molar-refractivity contribution in [2.24, 2.45) is 5.73 Å². The van der Waals surface area contributed by atoms with Crippen molar-refractivity contribution in [2.45, 2.75) is 25.9 Å². The van der Waals surface area contributed by atoms with Crippen LogP contribution in [0.15, 0.2) is 83.9 Å². The normalized spacial score (nSPS) is 11.8. The van der Waals surface area contributed by atoms with Crippen molar-refractivity contribution in [1.29, 1.82) is 0 Å². The van der Waals surface area contributed by atoms with Gasteiger partial charge in [-0.2, -0.15) is 0 Å². The second-order valence-electron chi connectivity index (χ2n) is 7.78. The highest BCUT2D eigenvalue weighted by Crippen LogP contribution is 2.29. The average Bonchev–Trinajstić information content (AvgIpc) is 2.84. The monoisotopic (exact) mass is 443 g/mol. The zero-order valence-corrected chi connectivity index (χ0v) is 18.4. The topological polar surface area (TPSA) is 85.8 Å². The highest BCUT2D eigenvalue weighted by molar-refractivity contribution is 5.80. The van der Waals surface area contributed by atoms with Crippen molar-refractivity contribution in [3.8, 4) is 22.4 Å². The van der Waals surface area contributed by atoms with Crippen LogP contribution >= 0.6 is 0 Å². The average molecular weight is 444 g/mol. The Labute approximate surface area is 192 Å². The molecule has 4 aromatic rings. The maximum Gasteiger partial charge on any atom is 0.263 e. The molecule has 3 N–H and O–H groups in total. The molecule has 0 aliphatic heterocycles. The van der Waals surface area contributed by atoms with Gasteiger partial charge in [0.15, 0.2) is 0 Å². The number of halogens is 1. The van der Waals surface area contributed by atoms with Crippen LogP contribution in [0.2, 0.25) is 0 Å². The molecule has 1 atom stereocenters. The summed E-state index contributed by atoms with van der Waals surface area (Å²) in [6.45, 7) is 2.76. The maximum atomic E-state index is 13.6. The van der Waals surface area contributed by atoms with Gasteiger partial charge in [-0.15, -0.1) is 0 Å². The van der Waals surface area contributed by atoms with E-state index in [2.05, 4.69) is 10.3 Å². The lowest BCUT2D eigenvalue weighted by Crippen LogP contribution is -2.34. The van der Waals surface area contributed by atoms with Crippen LogP contribution in [0.3, 0.4) is 0 Å². The molecule has 0 fully saturated rings. The summed E-state index contributed by atoms with van der Waals surface area (Å²) < 4.78 is 15.1. The summed E-state index contributed by atoms with van der Waals surface area (Å²) in [4.78, 5) is 22.5. The number of nitrogens with zero attached hydrogens (tertiary/aromatic N) is 3. The van der Waals surface area contributed by atoms with Gasteiger partial charge >= 0.3 is 0 Å². The zero-order valence-electron chi connectivity index (χ0n) is 18.4. The van der Waals surface area contributed by atoms with E-state index in [0.29, 0.717) is 42.3 Å². The molecule has 2 heterocycles. The van der Waals surface area contributed by atoms with Crippen LogP contribution in [-0.2, 0) is 13.0 Å². The quantitative estimate of drug-likeness (QED) is 0.428. The van der Waals surface area contributed by atoms with Gasteiger partial charge in [-0.25, -0.2) is 9.37 Å². The van der Waals surface area contributed by atoms with Crippen molar-refractivity contribution in [2.75, 3.05) is 11.9 Å². The number of benzene rings is 2. The highest BCUT2D eigenvalue weighted by Gasteiger charge is 2.19. The molecule has 4 rings (SSSR count). The summed E-state index contributed by atoms with van der Waals surface area (Å²) in [6, 6.07) is 19.4. The Hall–Kier alpha value is -3.84. The summed E-state index contributed by atoms with van der Waals surface area (Å²) in [5, 5.41) is 3.27. The van der Waals surface area contributed by atoms with Crippen molar-refractivity contribution < 1.29 is 4.39 Å². The summed E-state index contributed by atoms with van der Waals surface area (Å²) in [7, 11) is 0. The molecule has 0 saturated carbocycles. The standard InChI is InChI=1S/C26H26FN5O/c1-2-32-25(33)23(19-8-10-21(27)11-9-19)24(20-12-14-29-15-13-20)31-26(32)30-17-22(28)16-18-6-4-3-5-7-18/h3-15,22H,2,16-17,28H2,1H3,(H,30,31). The number of pyridine rings is 1. The first-order valence-electron chi connectivity index (χ1n) is 10.9. The van der Waals surface area contributed by atoms with Gasteiger partial charge in [0, 0.05) is 37.1 Å². The van der Waals surface area contributed by atoms with E-state index >= 15 is 0 Å². The molecule has 0 spiro atoms. The van der Waals surface area contributed by atoms with Gasteiger partial charge < -0.3 is 11.1 Å². The number of rotatable bonds is 8. The highest BCUT2D eigenvalue weighted by atomic mass is 19.1. The van der Waals surface area contributed by atoms with Gasteiger partial charge in [-0.1, -0.05) is 42.5 Å². The summed E-state index contributed by atoms with van der Waals surface area (Å²) in [6.07, 6.45) is 4.01. The van der Waals surface area contributed by atoms with Crippen molar-refractivity contribution >= 4 is 5.95 Å². The Morgan fingerprint density at radius 3 is 2.36 bits per heavy atom. The van der Waals surface area contributed by atoms with E-state index in [-0.39, 0.29) is 17.4 Å². The fraction of sp³-hybridized carbons (Fsp3) is 0.192. The molecule has 1 unspecified atom stereocenters. The first-order chi connectivity index (χ1) is 16.1. The van der Waals surface area contributed by atoms with Crippen molar-refractivity contribution in [3.05, 3.63) is 101 Å². The minimum Gasteiger partial charge on any atom is -0.354 e. The van der Waals surface area contributed by atoms with Crippen molar-refractivity contribution in [3.63, 3.8) is 0 Å². The number of anilines is 1. The SMILES string of the molecule is CCn1c(NCC(N)Cc2ccccc2)nc(-c2ccncc2)c(-c2ccc(F)cc2)c1=O. The van der Waals surface area contributed by atoms with E-state index < -0.39 is 0 Å². The summed E-state index contributed by atoms with van der Waals surface area (Å²) in [5.41, 5.74) is 9.58. The minimum absolute atomic E-state index is 0.157. The lowest BCUT2D eigenvalue weighted by molar-refractivity contribution is 0.628. The van der Waals surface area contributed by atoms with E-state index in [1.54, 1.807) is 41.2 Å². The van der Waals surface area contributed by atoms with Crippen LogP contribution in [0.4, 0.5) is 10.3 Å². The smallest absolute Gasteiger partial charge is 0.263 e. The molecule has 6 nitrogen and oxygen atoms in total. The largest absolute Gasteiger partial charge is 0.354 e. The molecule has 0 bridgehead atoms. The number of nitrogens with one attached hydrogen (secondary N) is 1. The lowest BCUT2D eigenvalue weighted by atomic mass is 10.0. The Morgan fingerprint density at radius 1 is 1.00 bits per heavy atom. The Morgan fingerprint density at radius 2 is 1.70 bits per heavy atom. The summed E-state index contributed by atoms with van der Waals surface area (Å²) in [5.74, 6) is 0.0855. The first kappa shape index (κ1) is 22.4. The maximum absolute atomic E-state index is 13.6. The third kappa shape index (κ3) is 5.15. The van der Waals surface area contributed by atoms with E-state index in [9.17, 15) is 9.18 Å². The number of hydrogen-bond donors (Lipinski definition) is 2. The molecule has 33 heavy (non-hydrogen) atoms. The van der Waals surface area contributed by atoms with Gasteiger partial charge in [-0.05, 0) is 48.7 Å². The molecule has 0 saturated heterocycles. The minimum atomic E-state index is -0.362. The van der Waals surface area contributed by atoms with E-state index in [1.807, 2.05) is 37.3 Å². The molecule has 0 aliphatic carbocycles. The number of nitrogens with two attached hydrogens (primary N) is 1. The van der Waals surface area contributed by atoms with Gasteiger partial charge in [0.05, 0.1) is 11.3 Å². The van der Waals surface area contributed by atoms with Gasteiger partial charge in [0.2, 0.25) is 5.95 Å². The van der Waals surface area contributed by atoms with Crippen LogP contribution in [0.5, 0.6) is 0 Å². The predicted molar refractivity (Wildman–Crippen MR) is 129 cm³/mol. The Kier molecular flexibility index (Phi) is 6.90. The third-order valence-electron chi connectivity index (χ3n) is 5.44. The fourth-order valence-electron chi connectivity index (χ4n) is 3.79. The Bertz CT molecular complexity index is 1260. The van der Waals surface area contributed by atoms with Crippen LogP contribution in [0, 0.1) is 5.82 Å². The second kappa shape index (κ2) is 10.2. The van der Waals surface area contributed by atoms with Gasteiger partial charge in [0.25, 0.3) is 5.56 Å². The molecular weight excluding hydrogens is 417 g/mol. The van der Waals surface area contributed by atoms with Gasteiger partial charge in [-0.3, -0.25) is 14.3 Å². The molecule has 2 aromatic heterocycles. The first-order valence-corrected chi connectivity index (χ1v) is 10.9. The molecule has 2 aromatic carbocycles. The molecule has 0 aliphatic rings. The van der Waals surface area contributed by atoms with E-state index in [1.165, 1.54) is 12.1 Å². The van der Waals surface area contributed by atoms with Gasteiger partial charge in [0.1, 0.15) is 5.82 Å². The molecule has 0 radical (unpaired) electrons. The zero-order chi connectivity index (χ0) is 23.2. The van der Waals surface area contributed by atoms with E-state index in [0.717, 1.165) is 11.1 Å². The van der Waals surface area contributed by atoms with Crippen LogP contribution in [0.25, 0.3) is 22.4 Å². The van der Waals surface area contributed by atoms with Crippen molar-refractivity contribution in [1.82, 2.24) is 14.5 Å². The second-order valence-corrected chi connectivity index (χ2v) is 7.78.